The normalized spacial score (nSPS) is 25.5. The average molecular weight is 516 g/mol. The maximum Gasteiger partial charge on any atom is 0.341 e. The summed E-state index contributed by atoms with van der Waals surface area (Å²) in [7, 11) is 1.32. The number of rotatable bonds is 6. The van der Waals surface area contributed by atoms with Crippen molar-refractivity contribution in [2.75, 3.05) is 17.7 Å². The molecule has 2 aromatic carbocycles. The summed E-state index contributed by atoms with van der Waals surface area (Å²) in [5.74, 6) is 2.19. The fourth-order valence-electron chi connectivity index (χ4n) is 7.26. The summed E-state index contributed by atoms with van der Waals surface area (Å²) in [6, 6.07) is 16.5. The van der Waals surface area contributed by atoms with Gasteiger partial charge in [-0.25, -0.2) is 9.78 Å². The molecule has 4 fully saturated rings. The molecule has 6 nitrogen and oxygen atoms in total. The minimum Gasteiger partial charge on any atom is -0.465 e. The number of hydrogen-bond donors (Lipinski definition) is 2. The summed E-state index contributed by atoms with van der Waals surface area (Å²) < 4.78 is 4.83. The number of pyridine rings is 1. The molecular formula is C30H30ClN3O3. The van der Waals surface area contributed by atoms with Crippen LogP contribution in [0, 0.1) is 17.8 Å². The maximum atomic E-state index is 13.1. The first-order valence-corrected chi connectivity index (χ1v) is 13.3. The van der Waals surface area contributed by atoms with Crippen LogP contribution in [0.5, 0.6) is 0 Å². The molecule has 0 saturated heterocycles. The van der Waals surface area contributed by atoms with Gasteiger partial charge in [0, 0.05) is 17.4 Å². The second-order valence-corrected chi connectivity index (χ2v) is 11.4. The number of aromatic nitrogens is 1. The molecule has 1 aromatic heterocycles. The first-order chi connectivity index (χ1) is 17.9. The fraction of sp³-hybridized carbons (Fsp3) is 0.367. The molecule has 4 bridgehead atoms. The highest BCUT2D eigenvalue weighted by Gasteiger charge is 2.51. The number of halogens is 1. The topological polar surface area (TPSA) is 80.3 Å². The summed E-state index contributed by atoms with van der Waals surface area (Å²) in [6.07, 6.45) is 9.61. The molecule has 1 heterocycles. The molecule has 0 unspecified atom stereocenters. The molecule has 4 saturated carbocycles. The summed E-state index contributed by atoms with van der Waals surface area (Å²) in [4.78, 5) is 29.4. The zero-order valence-electron chi connectivity index (χ0n) is 20.8. The zero-order chi connectivity index (χ0) is 25.6. The highest BCUT2D eigenvalue weighted by molar-refractivity contribution is 6.34. The number of anilines is 3. The van der Waals surface area contributed by atoms with E-state index in [2.05, 4.69) is 27.8 Å². The highest BCUT2D eigenvalue weighted by Crippen LogP contribution is 2.61. The van der Waals surface area contributed by atoms with Gasteiger partial charge in [0.25, 0.3) is 5.91 Å². The quantitative estimate of drug-likeness (QED) is 0.346. The van der Waals surface area contributed by atoms with E-state index >= 15 is 0 Å². The van der Waals surface area contributed by atoms with Crippen LogP contribution in [0.25, 0.3) is 0 Å². The number of carbonyl (C=O) groups excluding carboxylic acids is 2. The monoisotopic (exact) mass is 515 g/mol. The van der Waals surface area contributed by atoms with Crippen molar-refractivity contribution in [3.05, 3.63) is 82.5 Å². The molecule has 37 heavy (non-hydrogen) atoms. The first kappa shape index (κ1) is 24.0. The molecular weight excluding hydrogens is 486 g/mol. The molecule has 4 aliphatic rings. The molecule has 7 rings (SSSR count). The molecule has 7 heteroatoms. The third-order valence-electron chi connectivity index (χ3n) is 8.47. The van der Waals surface area contributed by atoms with Crippen molar-refractivity contribution in [2.24, 2.45) is 17.8 Å². The van der Waals surface area contributed by atoms with Crippen molar-refractivity contribution >= 4 is 40.7 Å². The van der Waals surface area contributed by atoms with E-state index < -0.39 is 5.97 Å². The molecule has 2 N–H and O–H groups in total. The number of ether oxygens (including phenoxy) is 1. The molecule has 0 radical (unpaired) electrons. The Bertz CT molecular complexity index is 1340. The third-order valence-corrected chi connectivity index (χ3v) is 8.78. The van der Waals surface area contributed by atoms with Crippen molar-refractivity contribution in [3.63, 3.8) is 0 Å². The smallest absolute Gasteiger partial charge is 0.341 e. The van der Waals surface area contributed by atoms with E-state index in [-0.39, 0.29) is 11.3 Å². The molecule has 190 valence electrons. The molecule has 0 spiro atoms. The number of nitrogens with one attached hydrogen (secondary N) is 2. The Morgan fingerprint density at radius 1 is 0.973 bits per heavy atom. The number of methoxy groups -OCH3 is 1. The van der Waals surface area contributed by atoms with E-state index in [1.165, 1.54) is 51.2 Å². The Morgan fingerprint density at radius 3 is 2.38 bits per heavy atom. The Kier molecular flexibility index (Phi) is 6.15. The van der Waals surface area contributed by atoms with Gasteiger partial charge in [0.15, 0.2) is 0 Å². The summed E-state index contributed by atoms with van der Waals surface area (Å²) in [6.45, 7) is 0. The lowest BCUT2D eigenvalue weighted by Crippen LogP contribution is -2.48. The predicted molar refractivity (Wildman–Crippen MR) is 145 cm³/mol. The summed E-state index contributed by atoms with van der Waals surface area (Å²) >= 11 is 6.72. The number of carbonyl (C=O) groups is 2. The largest absolute Gasteiger partial charge is 0.465 e. The number of benzene rings is 2. The second kappa shape index (κ2) is 9.49. The van der Waals surface area contributed by atoms with Gasteiger partial charge in [-0.2, -0.15) is 0 Å². The lowest BCUT2D eigenvalue weighted by molar-refractivity contribution is -0.00517. The Labute approximate surface area is 221 Å². The van der Waals surface area contributed by atoms with Crippen LogP contribution in [0.15, 0.2) is 60.8 Å². The van der Waals surface area contributed by atoms with E-state index in [1.807, 2.05) is 6.07 Å². The van der Waals surface area contributed by atoms with Gasteiger partial charge in [-0.3, -0.25) is 4.79 Å². The van der Waals surface area contributed by atoms with Crippen molar-refractivity contribution in [2.45, 2.75) is 43.9 Å². The minimum atomic E-state index is -0.490. The van der Waals surface area contributed by atoms with Gasteiger partial charge in [-0.1, -0.05) is 23.7 Å². The molecule has 0 atom stereocenters. The number of amides is 1. The lowest BCUT2D eigenvalue weighted by Gasteiger charge is -2.57. The van der Waals surface area contributed by atoms with Gasteiger partial charge in [0.05, 0.1) is 17.8 Å². The standard InChI is InChI=1S/C30H30ClN3O3/c1-37-29(36)24-6-3-9-32-27(24)33-23-5-2-4-21(13-23)28(35)34-26-8-7-22(14-25(26)31)30-15-18-10-19(16-30)12-20(11-18)17-30/h2-9,13-14,18-20H,10-12,15-17H2,1H3,(H,32,33)(H,34,35). The minimum absolute atomic E-state index is 0.259. The SMILES string of the molecule is COC(=O)c1cccnc1Nc1cccc(C(=O)Nc2ccc(C34CC5CC(CC(C5)C3)C4)cc2Cl)c1. The van der Waals surface area contributed by atoms with Crippen LogP contribution in [0.3, 0.4) is 0 Å². The zero-order valence-corrected chi connectivity index (χ0v) is 21.6. The van der Waals surface area contributed by atoms with Crippen LogP contribution in [0.2, 0.25) is 5.02 Å². The van der Waals surface area contributed by atoms with Crippen LogP contribution in [-0.4, -0.2) is 24.0 Å². The molecule has 4 aliphatic carbocycles. The number of nitrogens with zero attached hydrogens (tertiary/aromatic N) is 1. The number of hydrogen-bond acceptors (Lipinski definition) is 5. The average Bonchev–Trinajstić information content (AvgIpc) is 2.89. The van der Waals surface area contributed by atoms with Crippen molar-refractivity contribution in [1.29, 1.82) is 0 Å². The lowest BCUT2D eigenvalue weighted by atomic mass is 9.48. The molecule has 3 aromatic rings. The van der Waals surface area contributed by atoms with Crippen LogP contribution in [0.4, 0.5) is 17.2 Å². The summed E-state index contributed by atoms with van der Waals surface area (Å²) in [5.41, 5.74) is 3.59. The van der Waals surface area contributed by atoms with E-state index in [0.717, 1.165) is 17.8 Å². The van der Waals surface area contributed by atoms with Crippen molar-refractivity contribution in [3.8, 4) is 0 Å². The third kappa shape index (κ3) is 4.59. The second-order valence-electron chi connectivity index (χ2n) is 10.9. The fourth-order valence-corrected chi connectivity index (χ4v) is 7.49. The number of esters is 1. The van der Waals surface area contributed by atoms with Gasteiger partial charge >= 0.3 is 5.97 Å². The van der Waals surface area contributed by atoms with Gasteiger partial charge in [0.2, 0.25) is 0 Å². The predicted octanol–water partition coefficient (Wildman–Crippen LogP) is 6.99. The van der Waals surface area contributed by atoms with E-state index in [0.29, 0.717) is 33.3 Å². The maximum absolute atomic E-state index is 13.1. The van der Waals surface area contributed by atoms with Gasteiger partial charge < -0.3 is 15.4 Å². The van der Waals surface area contributed by atoms with Crippen LogP contribution < -0.4 is 10.6 Å². The Balaban J connectivity index is 1.18. The summed E-state index contributed by atoms with van der Waals surface area (Å²) in [5, 5.41) is 6.66. The molecule has 0 aliphatic heterocycles. The van der Waals surface area contributed by atoms with Crippen molar-refractivity contribution < 1.29 is 14.3 Å². The first-order valence-electron chi connectivity index (χ1n) is 12.9. The van der Waals surface area contributed by atoms with Gasteiger partial charge in [0.1, 0.15) is 11.4 Å². The highest BCUT2D eigenvalue weighted by atomic mass is 35.5. The van der Waals surface area contributed by atoms with Gasteiger partial charge in [-0.15, -0.1) is 0 Å². The van der Waals surface area contributed by atoms with Gasteiger partial charge in [-0.05, 0) is 110 Å². The van der Waals surface area contributed by atoms with E-state index in [1.54, 1.807) is 42.6 Å². The van der Waals surface area contributed by atoms with Crippen molar-refractivity contribution in [1.82, 2.24) is 4.98 Å². The van der Waals surface area contributed by atoms with E-state index in [4.69, 9.17) is 16.3 Å². The van der Waals surface area contributed by atoms with Crippen LogP contribution in [0.1, 0.15) is 64.8 Å². The molecule has 1 amide bonds. The van der Waals surface area contributed by atoms with E-state index in [9.17, 15) is 9.59 Å². The van der Waals surface area contributed by atoms with Crippen LogP contribution >= 0.6 is 11.6 Å². The Hall–Kier alpha value is -3.38. The van der Waals surface area contributed by atoms with Crippen LogP contribution in [-0.2, 0) is 10.2 Å². The Morgan fingerprint density at radius 2 is 1.70 bits per heavy atom.